The lowest BCUT2D eigenvalue weighted by Gasteiger charge is -2.35. The van der Waals surface area contributed by atoms with E-state index in [1.165, 1.54) is 5.56 Å². The summed E-state index contributed by atoms with van der Waals surface area (Å²) in [6.45, 7) is 3.68. The van der Waals surface area contributed by atoms with Crippen LogP contribution in [0.25, 0.3) is 0 Å². The number of nitrogens with zero attached hydrogens (tertiary/aromatic N) is 1. The molecule has 1 aliphatic rings. The summed E-state index contributed by atoms with van der Waals surface area (Å²) >= 11 is 0. The van der Waals surface area contributed by atoms with E-state index in [0.29, 0.717) is 26.2 Å². The standard InChI is InChI=1S/C28H32N2O3/c1-32-25-14-12-24(13-15-25)27(30-16-18-33-19-17-30)21-29-28(31)20-26(22-8-4-2-5-9-22)23-10-6-3-7-11-23/h2-15,26-27H,16-21H2,1H3,(H,29,31). The number of carbonyl (C=O) groups excluding carboxylic acids is 1. The highest BCUT2D eigenvalue weighted by atomic mass is 16.5. The van der Waals surface area contributed by atoms with E-state index in [2.05, 4.69) is 46.6 Å². The van der Waals surface area contributed by atoms with Crippen LogP contribution in [0.3, 0.4) is 0 Å². The molecule has 1 saturated heterocycles. The number of benzene rings is 3. The van der Waals surface area contributed by atoms with Crippen LogP contribution >= 0.6 is 0 Å². The van der Waals surface area contributed by atoms with Gasteiger partial charge in [-0.05, 0) is 28.8 Å². The van der Waals surface area contributed by atoms with Gasteiger partial charge in [0.2, 0.25) is 5.91 Å². The first-order chi connectivity index (χ1) is 16.2. The molecule has 0 bridgehead atoms. The van der Waals surface area contributed by atoms with Gasteiger partial charge < -0.3 is 14.8 Å². The first kappa shape index (κ1) is 23.0. The number of methoxy groups -OCH3 is 1. The van der Waals surface area contributed by atoms with E-state index < -0.39 is 0 Å². The van der Waals surface area contributed by atoms with Gasteiger partial charge in [-0.3, -0.25) is 9.69 Å². The molecule has 1 fully saturated rings. The zero-order valence-corrected chi connectivity index (χ0v) is 19.2. The van der Waals surface area contributed by atoms with Gasteiger partial charge in [-0.2, -0.15) is 0 Å². The molecule has 0 aliphatic carbocycles. The molecule has 0 aromatic heterocycles. The second kappa shape index (κ2) is 11.6. The van der Waals surface area contributed by atoms with Crippen LogP contribution in [-0.4, -0.2) is 50.8 Å². The molecule has 3 aromatic rings. The number of nitrogens with one attached hydrogen (secondary N) is 1. The predicted octanol–water partition coefficient (Wildman–Crippen LogP) is 4.41. The van der Waals surface area contributed by atoms with Crippen LogP contribution in [0.1, 0.15) is 35.1 Å². The molecule has 3 aromatic carbocycles. The summed E-state index contributed by atoms with van der Waals surface area (Å²) in [6, 6.07) is 28.7. The molecule has 0 radical (unpaired) electrons. The third-order valence-electron chi connectivity index (χ3n) is 6.27. The summed E-state index contributed by atoms with van der Waals surface area (Å²) < 4.78 is 10.9. The lowest BCUT2D eigenvalue weighted by Crippen LogP contribution is -2.44. The molecule has 1 aliphatic heterocycles. The van der Waals surface area contributed by atoms with Gasteiger partial charge in [-0.25, -0.2) is 0 Å². The molecular formula is C28H32N2O3. The maximum absolute atomic E-state index is 13.1. The smallest absolute Gasteiger partial charge is 0.221 e. The van der Waals surface area contributed by atoms with Crippen molar-refractivity contribution in [1.82, 2.24) is 10.2 Å². The maximum Gasteiger partial charge on any atom is 0.221 e. The number of ether oxygens (including phenoxy) is 2. The molecule has 1 heterocycles. The average molecular weight is 445 g/mol. The van der Waals surface area contributed by atoms with Crippen LogP contribution in [0, 0.1) is 0 Å². The average Bonchev–Trinajstić information content (AvgIpc) is 2.89. The van der Waals surface area contributed by atoms with Gasteiger partial charge in [0.1, 0.15) is 5.75 Å². The summed E-state index contributed by atoms with van der Waals surface area (Å²) in [5.41, 5.74) is 3.47. The van der Waals surface area contributed by atoms with Crippen LogP contribution < -0.4 is 10.1 Å². The lowest BCUT2D eigenvalue weighted by atomic mass is 9.88. The predicted molar refractivity (Wildman–Crippen MR) is 130 cm³/mol. The molecule has 172 valence electrons. The minimum Gasteiger partial charge on any atom is -0.497 e. The third-order valence-corrected chi connectivity index (χ3v) is 6.27. The minimum atomic E-state index is 0.0234. The molecule has 0 saturated carbocycles. The topological polar surface area (TPSA) is 50.8 Å². The highest BCUT2D eigenvalue weighted by Gasteiger charge is 2.24. The fourth-order valence-corrected chi connectivity index (χ4v) is 4.44. The van der Waals surface area contributed by atoms with Crippen LogP contribution in [0.5, 0.6) is 5.75 Å². The number of morpholine rings is 1. The van der Waals surface area contributed by atoms with Crippen molar-refractivity contribution in [1.29, 1.82) is 0 Å². The molecule has 0 spiro atoms. The van der Waals surface area contributed by atoms with Crippen LogP contribution in [0.2, 0.25) is 0 Å². The first-order valence-corrected chi connectivity index (χ1v) is 11.6. The normalized spacial score (nSPS) is 15.2. The molecule has 1 unspecified atom stereocenters. The Hall–Kier alpha value is -3.15. The lowest BCUT2D eigenvalue weighted by molar-refractivity contribution is -0.121. The molecule has 1 N–H and O–H groups in total. The zero-order valence-electron chi connectivity index (χ0n) is 19.2. The largest absolute Gasteiger partial charge is 0.497 e. The number of rotatable bonds is 9. The van der Waals surface area contributed by atoms with E-state index in [1.807, 2.05) is 48.5 Å². The van der Waals surface area contributed by atoms with Crippen molar-refractivity contribution in [3.8, 4) is 5.75 Å². The molecule has 1 amide bonds. The van der Waals surface area contributed by atoms with Crippen molar-refractivity contribution in [3.63, 3.8) is 0 Å². The van der Waals surface area contributed by atoms with E-state index in [1.54, 1.807) is 7.11 Å². The third kappa shape index (κ3) is 6.21. The quantitative estimate of drug-likeness (QED) is 0.531. The van der Waals surface area contributed by atoms with Crippen molar-refractivity contribution in [2.75, 3.05) is 40.0 Å². The van der Waals surface area contributed by atoms with Gasteiger partial charge in [0.15, 0.2) is 0 Å². The van der Waals surface area contributed by atoms with E-state index >= 15 is 0 Å². The van der Waals surface area contributed by atoms with E-state index in [4.69, 9.17) is 9.47 Å². The molecule has 1 atom stereocenters. The number of amides is 1. The van der Waals surface area contributed by atoms with E-state index in [9.17, 15) is 4.79 Å². The van der Waals surface area contributed by atoms with Crippen LogP contribution in [-0.2, 0) is 9.53 Å². The highest BCUT2D eigenvalue weighted by Crippen LogP contribution is 2.28. The van der Waals surface area contributed by atoms with Gasteiger partial charge in [0.05, 0.1) is 26.4 Å². The molecule has 5 heteroatoms. The summed E-state index contributed by atoms with van der Waals surface area (Å²) in [6.07, 6.45) is 0.409. The molecule has 33 heavy (non-hydrogen) atoms. The van der Waals surface area contributed by atoms with Crippen LogP contribution in [0.4, 0.5) is 0 Å². The summed E-state index contributed by atoms with van der Waals surface area (Å²) in [5, 5.41) is 3.22. The van der Waals surface area contributed by atoms with Gasteiger partial charge in [-0.15, -0.1) is 0 Å². The first-order valence-electron chi connectivity index (χ1n) is 11.6. The highest BCUT2D eigenvalue weighted by molar-refractivity contribution is 5.77. The molecule has 5 nitrogen and oxygen atoms in total. The van der Waals surface area contributed by atoms with Crippen molar-refractivity contribution < 1.29 is 14.3 Å². The van der Waals surface area contributed by atoms with E-state index in [-0.39, 0.29) is 17.9 Å². The number of hydrogen-bond donors (Lipinski definition) is 1. The van der Waals surface area contributed by atoms with Gasteiger partial charge in [0, 0.05) is 32.0 Å². The Bertz CT molecular complexity index is 947. The second-order valence-electron chi connectivity index (χ2n) is 8.32. The maximum atomic E-state index is 13.1. The Kier molecular flexibility index (Phi) is 8.12. The number of hydrogen-bond acceptors (Lipinski definition) is 4. The monoisotopic (exact) mass is 444 g/mol. The summed E-state index contributed by atoms with van der Waals surface area (Å²) in [4.78, 5) is 15.5. The Morgan fingerprint density at radius 1 is 0.879 bits per heavy atom. The van der Waals surface area contributed by atoms with Gasteiger partial charge >= 0.3 is 0 Å². The number of carbonyl (C=O) groups is 1. The van der Waals surface area contributed by atoms with Gasteiger partial charge in [-0.1, -0.05) is 72.8 Å². The Balaban J connectivity index is 1.47. The SMILES string of the molecule is COc1ccc(C(CNC(=O)CC(c2ccccc2)c2ccccc2)N2CCOCC2)cc1. The molecule has 4 rings (SSSR count). The fraction of sp³-hybridized carbons (Fsp3) is 0.321. The van der Waals surface area contributed by atoms with Crippen LogP contribution in [0.15, 0.2) is 84.9 Å². The van der Waals surface area contributed by atoms with Crippen molar-refractivity contribution in [2.24, 2.45) is 0 Å². The Morgan fingerprint density at radius 3 is 2.00 bits per heavy atom. The second-order valence-corrected chi connectivity index (χ2v) is 8.32. The summed E-state index contributed by atoms with van der Waals surface area (Å²) in [7, 11) is 1.67. The van der Waals surface area contributed by atoms with Crippen molar-refractivity contribution >= 4 is 5.91 Å². The van der Waals surface area contributed by atoms with Crippen molar-refractivity contribution in [3.05, 3.63) is 102 Å². The van der Waals surface area contributed by atoms with Crippen molar-refractivity contribution in [2.45, 2.75) is 18.4 Å². The Morgan fingerprint density at radius 2 is 1.45 bits per heavy atom. The van der Waals surface area contributed by atoms with E-state index in [0.717, 1.165) is 30.0 Å². The fourth-order valence-electron chi connectivity index (χ4n) is 4.44. The molecular weight excluding hydrogens is 412 g/mol. The zero-order chi connectivity index (χ0) is 22.9. The van der Waals surface area contributed by atoms with Gasteiger partial charge in [0.25, 0.3) is 0 Å². The Labute approximate surface area is 196 Å². The summed E-state index contributed by atoms with van der Waals surface area (Å²) in [5.74, 6) is 0.909. The minimum absolute atomic E-state index is 0.0234.